The minimum Gasteiger partial charge on any atom is -0.494 e. The number of thioether (sulfide) groups is 1. The maximum Gasteiger partial charge on any atom is 0.200 e. The lowest BCUT2D eigenvalue weighted by atomic mass is 10.2. The molecule has 2 aromatic heterocycles. The summed E-state index contributed by atoms with van der Waals surface area (Å²) in [6, 6.07) is 3.59. The minimum atomic E-state index is -0.726. The van der Waals surface area contributed by atoms with Crippen molar-refractivity contribution in [1.29, 1.82) is 0 Å². The fraction of sp³-hybridized carbons (Fsp3) is 0.0769. The first-order valence-electron chi connectivity index (χ1n) is 5.68. The molecule has 3 rings (SSSR count). The quantitative estimate of drug-likeness (QED) is 0.562. The van der Waals surface area contributed by atoms with Crippen LogP contribution in [0.5, 0.6) is 5.88 Å². The highest BCUT2D eigenvalue weighted by molar-refractivity contribution is 7.98. The van der Waals surface area contributed by atoms with Crippen LogP contribution in [0, 0.1) is 11.6 Å². The third-order valence-electron chi connectivity index (χ3n) is 2.87. The monoisotopic (exact) mass is 293 g/mol. The highest BCUT2D eigenvalue weighted by atomic mass is 32.2. The van der Waals surface area contributed by atoms with Crippen molar-refractivity contribution in [3.8, 4) is 17.3 Å². The van der Waals surface area contributed by atoms with Crippen LogP contribution in [-0.2, 0) is 0 Å². The molecule has 0 aliphatic heterocycles. The molecule has 0 saturated heterocycles. The van der Waals surface area contributed by atoms with E-state index in [0.29, 0.717) is 15.9 Å². The number of hydrogen-bond acceptors (Lipinski definition) is 4. The third-order valence-corrected chi connectivity index (χ3v) is 3.55. The number of nitrogens with zero attached hydrogens (tertiary/aromatic N) is 2. The number of aromatic amines is 1. The van der Waals surface area contributed by atoms with E-state index in [2.05, 4.69) is 15.0 Å². The Kier molecular flexibility index (Phi) is 3.06. The zero-order valence-electron chi connectivity index (χ0n) is 10.3. The molecule has 0 fully saturated rings. The molecule has 102 valence electrons. The average Bonchev–Trinajstić information content (AvgIpc) is 2.79. The molecular weight excluding hydrogens is 284 g/mol. The highest BCUT2D eigenvalue weighted by Crippen LogP contribution is 2.33. The van der Waals surface area contributed by atoms with Crippen LogP contribution in [0.15, 0.2) is 29.4 Å². The third kappa shape index (κ3) is 1.90. The molecule has 0 aliphatic rings. The Morgan fingerprint density at radius 3 is 2.55 bits per heavy atom. The fourth-order valence-electron chi connectivity index (χ4n) is 1.96. The number of nitrogens with one attached hydrogen (secondary N) is 1. The summed E-state index contributed by atoms with van der Waals surface area (Å²) < 4.78 is 27.6. The topological polar surface area (TPSA) is 61.8 Å². The number of rotatable bonds is 2. The van der Waals surface area contributed by atoms with Gasteiger partial charge in [0.1, 0.15) is 16.7 Å². The Balaban J connectivity index is 2.33. The van der Waals surface area contributed by atoms with E-state index >= 15 is 0 Å². The smallest absolute Gasteiger partial charge is 0.200 e. The predicted molar refractivity (Wildman–Crippen MR) is 72.7 cm³/mol. The first-order valence-corrected chi connectivity index (χ1v) is 6.90. The molecule has 3 aromatic rings. The summed E-state index contributed by atoms with van der Waals surface area (Å²) in [5.41, 5.74) is 0.130. The van der Waals surface area contributed by atoms with Crippen molar-refractivity contribution < 1.29 is 13.9 Å². The molecule has 0 aliphatic carbocycles. The van der Waals surface area contributed by atoms with E-state index < -0.39 is 11.6 Å². The van der Waals surface area contributed by atoms with E-state index in [4.69, 9.17) is 0 Å². The molecule has 0 radical (unpaired) electrons. The summed E-state index contributed by atoms with van der Waals surface area (Å²) >= 11 is 1.26. The molecular formula is C13H9F2N3OS. The summed E-state index contributed by atoms with van der Waals surface area (Å²) in [6.45, 7) is 0. The Morgan fingerprint density at radius 1 is 1.20 bits per heavy atom. The normalized spacial score (nSPS) is 11.2. The van der Waals surface area contributed by atoms with E-state index in [0.717, 1.165) is 12.1 Å². The zero-order chi connectivity index (χ0) is 14.3. The van der Waals surface area contributed by atoms with E-state index in [1.54, 1.807) is 6.26 Å². The molecule has 2 heterocycles. The van der Waals surface area contributed by atoms with Crippen molar-refractivity contribution in [3.63, 3.8) is 0 Å². The van der Waals surface area contributed by atoms with Gasteiger partial charge >= 0.3 is 0 Å². The summed E-state index contributed by atoms with van der Waals surface area (Å²) in [5.74, 6) is -1.56. The van der Waals surface area contributed by atoms with Crippen molar-refractivity contribution in [1.82, 2.24) is 15.0 Å². The second kappa shape index (κ2) is 4.75. The van der Waals surface area contributed by atoms with Crippen molar-refractivity contribution in [2.75, 3.05) is 6.26 Å². The standard InChI is InChI=1S/C13H9F2N3OS/c1-20-13-10-8(5-16-12(10)19)17-11(18-13)9-6(14)3-2-4-7(9)15/h2-5,16,19H,1H3. The summed E-state index contributed by atoms with van der Waals surface area (Å²) in [5, 5.41) is 10.6. The van der Waals surface area contributed by atoms with E-state index in [-0.39, 0.29) is 17.3 Å². The van der Waals surface area contributed by atoms with Crippen molar-refractivity contribution in [3.05, 3.63) is 36.0 Å². The largest absolute Gasteiger partial charge is 0.494 e. The van der Waals surface area contributed by atoms with Gasteiger partial charge in [0.2, 0.25) is 5.88 Å². The number of aromatic hydroxyl groups is 1. The van der Waals surface area contributed by atoms with Crippen LogP contribution in [0.25, 0.3) is 22.3 Å². The number of fused-ring (bicyclic) bond motifs is 1. The van der Waals surface area contributed by atoms with E-state index in [1.807, 2.05) is 0 Å². The molecule has 7 heteroatoms. The Morgan fingerprint density at radius 2 is 1.90 bits per heavy atom. The van der Waals surface area contributed by atoms with Gasteiger partial charge < -0.3 is 10.1 Å². The molecule has 20 heavy (non-hydrogen) atoms. The van der Waals surface area contributed by atoms with Crippen molar-refractivity contribution in [2.45, 2.75) is 5.03 Å². The molecule has 0 bridgehead atoms. The van der Waals surface area contributed by atoms with Crippen LogP contribution in [0.4, 0.5) is 8.78 Å². The van der Waals surface area contributed by atoms with Crippen molar-refractivity contribution >= 4 is 22.7 Å². The van der Waals surface area contributed by atoms with Gasteiger partial charge in [-0.15, -0.1) is 11.8 Å². The Hall–Kier alpha value is -2.15. The number of benzene rings is 1. The number of H-pyrrole nitrogens is 1. The maximum absolute atomic E-state index is 13.8. The van der Waals surface area contributed by atoms with Gasteiger partial charge in [-0.05, 0) is 18.4 Å². The van der Waals surface area contributed by atoms with Crippen molar-refractivity contribution in [2.24, 2.45) is 0 Å². The summed E-state index contributed by atoms with van der Waals surface area (Å²) in [4.78, 5) is 10.8. The van der Waals surface area contributed by atoms with Crippen LogP contribution in [0.3, 0.4) is 0 Å². The zero-order valence-corrected chi connectivity index (χ0v) is 11.1. The van der Waals surface area contributed by atoms with Crippen LogP contribution in [-0.4, -0.2) is 26.3 Å². The number of hydrogen-bond donors (Lipinski definition) is 2. The molecule has 2 N–H and O–H groups in total. The molecule has 0 spiro atoms. The van der Waals surface area contributed by atoms with Gasteiger partial charge in [-0.3, -0.25) is 0 Å². The minimum absolute atomic E-state index is 0.0450. The van der Waals surface area contributed by atoms with Gasteiger partial charge in [0.05, 0.1) is 16.5 Å². The van der Waals surface area contributed by atoms with Gasteiger partial charge in [-0.1, -0.05) is 6.07 Å². The predicted octanol–water partition coefficient (Wildman–Crippen LogP) is 3.33. The van der Waals surface area contributed by atoms with Gasteiger partial charge in [0.25, 0.3) is 0 Å². The Labute approximate surface area is 116 Å². The second-order valence-corrected chi connectivity index (χ2v) is 4.85. The molecule has 0 amide bonds. The van der Waals surface area contributed by atoms with E-state index in [1.165, 1.54) is 24.0 Å². The number of halogens is 2. The SMILES string of the molecule is CSc1nc(-c2c(F)cccc2F)nc2c[nH]c(O)c12. The molecule has 4 nitrogen and oxygen atoms in total. The summed E-state index contributed by atoms with van der Waals surface area (Å²) in [6.07, 6.45) is 3.23. The average molecular weight is 293 g/mol. The lowest BCUT2D eigenvalue weighted by Crippen LogP contribution is -1.97. The van der Waals surface area contributed by atoms with Gasteiger partial charge in [0.15, 0.2) is 5.82 Å². The lowest BCUT2D eigenvalue weighted by Gasteiger charge is -2.06. The first-order chi connectivity index (χ1) is 9.61. The van der Waals surface area contributed by atoms with Crippen LogP contribution in [0.1, 0.15) is 0 Å². The van der Waals surface area contributed by atoms with Gasteiger partial charge in [-0.25, -0.2) is 18.7 Å². The van der Waals surface area contributed by atoms with Gasteiger partial charge in [-0.2, -0.15) is 0 Å². The maximum atomic E-state index is 13.8. The lowest BCUT2D eigenvalue weighted by molar-refractivity contribution is 0.461. The number of aromatic nitrogens is 3. The molecule has 0 saturated carbocycles. The summed E-state index contributed by atoms with van der Waals surface area (Å²) in [7, 11) is 0. The molecule has 0 unspecified atom stereocenters. The first kappa shape index (κ1) is 12.9. The molecule has 0 atom stereocenters. The van der Waals surface area contributed by atoms with E-state index in [9.17, 15) is 13.9 Å². The van der Waals surface area contributed by atoms with Crippen LogP contribution in [0.2, 0.25) is 0 Å². The Bertz CT molecular complexity index is 783. The van der Waals surface area contributed by atoms with Crippen LogP contribution < -0.4 is 0 Å². The van der Waals surface area contributed by atoms with Crippen LogP contribution >= 0.6 is 11.8 Å². The fourth-order valence-corrected chi connectivity index (χ4v) is 2.55. The van der Waals surface area contributed by atoms with Gasteiger partial charge in [0, 0.05) is 6.20 Å². The highest BCUT2D eigenvalue weighted by Gasteiger charge is 2.18. The second-order valence-electron chi connectivity index (χ2n) is 4.05. The molecule has 1 aromatic carbocycles.